The van der Waals surface area contributed by atoms with Crippen molar-refractivity contribution in [2.24, 2.45) is 5.92 Å². The summed E-state index contributed by atoms with van der Waals surface area (Å²) in [6.45, 7) is 4.70. The van der Waals surface area contributed by atoms with Gasteiger partial charge in [0.2, 0.25) is 15.9 Å². The number of amides is 1. The van der Waals surface area contributed by atoms with E-state index in [1.807, 2.05) is 42.7 Å². The number of aromatic nitrogens is 2. The molecule has 3 aromatic rings. The minimum atomic E-state index is -3.59. The molecule has 0 N–H and O–H groups in total. The second-order valence-corrected chi connectivity index (χ2v) is 10.7. The smallest absolute Gasteiger partial charge is 0.311 e. The van der Waals surface area contributed by atoms with Crippen LogP contribution in [0.1, 0.15) is 24.7 Å². The molecule has 10 heteroatoms. The Morgan fingerprint density at radius 2 is 1.88 bits per heavy atom. The van der Waals surface area contributed by atoms with Crippen LogP contribution in [0.4, 0.5) is 5.69 Å². The number of anilines is 1. The van der Waals surface area contributed by atoms with E-state index in [0.717, 1.165) is 21.1 Å². The van der Waals surface area contributed by atoms with E-state index >= 15 is 0 Å². The maximum atomic E-state index is 12.7. The van der Waals surface area contributed by atoms with Crippen LogP contribution in [-0.2, 0) is 37.5 Å². The van der Waals surface area contributed by atoms with Crippen molar-refractivity contribution in [1.82, 2.24) is 13.9 Å². The molecule has 0 radical (unpaired) electrons. The maximum absolute atomic E-state index is 12.7. The van der Waals surface area contributed by atoms with Crippen LogP contribution in [0.15, 0.2) is 47.4 Å². The van der Waals surface area contributed by atoms with Crippen molar-refractivity contribution in [1.29, 1.82) is 0 Å². The first-order chi connectivity index (χ1) is 16.1. The number of imidazole rings is 1. The molecule has 0 spiro atoms. The Morgan fingerprint density at radius 1 is 1.18 bits per heavy atom. The van der Waals surface area contributed by atoms with Gasteiger partial charge in [0.15, 0.2) is 0 Å². The Bertz CT molecular complexity index is 1350. The van der Waals surface area contributed by atoms with Crippen molar-refractivity contribution in [2.45, 2.75) is 38.3 Å². The number of carbonyl (C=O) groups excluding carboxylic acids is 2. The average molecular weight is 485 g/mol. The van der Waals surface area contributed by atoms with E-state index in [0.29, 0.717) is 17.9 Å². The number of nitrogens with zero attached hydrogens (tertiary/aromatic N) is 4. The van der Waals surface area contributed by atoms with E-state index < -0.39 is 21.9 Å². The molecule has 2 heterocycles. The van der Waals surface area contributed by atoms with Crippen molar-refractivity contribution in [3.05, 3.63) is 53.9 Å². The molecular weight excluding hydrogens is 456 g/mol. The third kappa shape index (κ3) is 4.43. The van der Waals surface area contributed by atoms with Gasteiger partial charge in [-0.2, -0.15) is 0 Å². The van der Waals surface area contributed by atoms with Crippen molar-refractivity contribution >= 4 is 38.6 Å². The number of hydrogen-bond acceptors (Lipinski definition) is 6. The van der Waals surface area contributed by atoms with Gasteiger partial charge in [-0.15, -0.1) is 0 Å². The second-order valence-electron chi connectivity index (χ2n) is 8.56. The largest absolute Gasteiger partial charge is 0.457 e. The SMILES string of the molecule is CCn1c(COC(=O)C2CC(=O)N(c3ccc(C)cc3)C2)nc2cc(S(=O)(=O)N(C)C)ccc21. The van der Waals surface area contributed by atoms with Crippen LogP contribution in [0.25, 0.3) is 11.0 Å². The predicted molar refractivity (Wildman–Crippen MR) is 128 cm³/mol. The number of rotatable bonds is 7. The van der Waals surface area contributed by atoms with E-state index in [1.165, 1.54) is 20.2 Å². The van der Waals surface area contributed by atoms with Gasteiger partial charge in [0.25, 0.3) is 0 Å². The predicted octanol–water partition coefficient (Wildman–Crippen LogP) is 2.71. The van der Waals surface area contributed by atoms with E-state index in [9.17, 15) is 18.0 Å². The highest BCUT2D eigenvalue weighted by atomic mass is 32.2. The average Bonchev–Trinajstić information content (AvgIpc) is 3.37. The summed E-state index contributed by atoms with van der Waals surface area (Å²) in [6, 6.07) is 12.4. The molecule has 0 bridgehead atoms. The van der Waals surface area contributed by atoms with Gasteiger partial charge in [-0.25, -0.2) is 17.7 Å². The van der Waals surface area contributed by atoms with Gasteiger partial charge in [-0.1, -0.05) is 17.7 Å². The Morgan fingerprint density at radius 3 is 2.53 bits per heavy atom. The molecule has 9 nitrogen and oxygen atoms in total. The first kappa shape index (κ1) is 23.9. The summed E-state index contributed by atoms with van der Waals surface area (Å²) < 4.78 is 33.5. The fourth-order valence-electron chi connectivity index (χ4n) is 4.09. The van der Waals surface area contributed by atoms with Crippen LogP contribution in [0.3, 0.4) is 0 Å². The van der Waals surface area contributed by atoms with Crippen molar-refractivity contribution in [3.8, 4) is 0 Å². The Hall–Kier alpha value is -3.24. The highest BCUT2D eigenvalue weighted by Gasteiger charge is 2.36. The molecule has 4 rings (SSSR count). The minimum Gasteiger partial charge on any atom is -0.457 e. The van der Waals surface area contributed by atoms with Crippen LogP contribution in [0, 0.1) is 12.8 Å². The summed E-state index contributed by atoms with van der Waals surface area (Å²) in [5.41, 5.74) is 3.13. The Kier molecular flexibility index (Phi) is 6.46. The van der Waals surface area contributed by atoms with Gasteiger partial charge < -0.3 is 14.2 Å². The number of esters is 1. The summed E-state index contributed by atoms with van der Waals surface area (Å²) in [4.78, 5) is 31.5. The third-order valence-electron chi connectivity index (χ3n) is 6.04. The lowest BCUT2D eigenvalue weighted by Crippen LogP contribution is -2.26. The first-order valence-corrected chi connectivity index (χ1v) is 12.5. The fraction of sp³-hybridized carbons (Fsp3) is 0.375. The molecule has 1 amide bonds. The number of hydrogen-bond donors (Lipinski definition) is 0. The van der Waals surface area contributed by atoms with E-state index in [-0.39, 0.29) is 30.4 Å². The van der Waals surface area contributed by atoms with E-state index in [1.54, 1.807) is 17.0 Å². The molecule has 0 aliphatic carbocycles. The zero-order chi connectivity index (χ0) is 24.6. The monoisotopic (exact) mass is 484 g/mol. The molecule has 180 valence electrons. The molecule has 1 fully saturated rings. The van der Waals surface area contributed by atoms with Crippen LogP contribution < -0.4 is 4.90 Å². The number of ether oxygens (including phenoxy) is 1. The number of carbonyl (C=O) groups is 2. The van der Waals surface area contributed by atoms with Gasteiger partial charge >= 0.3 is 5.97 Å². The van der Waals surface area contributed by atoms with Crippen LogP contribution in [-0.4, -0.2) is 54.8 Å². The van der Waals surface area contributed by atoms with Gasteiger partial charge in [-0.3, -0.25) is 9.59 Å². The topological polar surface area (TPSA) is 102 Å². The van der Waals surface area contributed by atoms with Gasteiger partial charge in [0.05, 0.1) is 21.8 Å². The number of benzene rings is 2. The quantitative estimate of drug-likeness (QED) is 0.478. The van der Waals surface area contributed by atoms with Crippen molar-refractivity contribution < 1.29 is 22.7 Å². The summed E-state index contributed by atoms with van der Waals surface area (Å²) in [6.07, 6.45) is 0.0999. The highest BCUT2D eigenvalue weighted by Crippen LogP contribution is 2.27. The highest BCUT2D eigenvalue weighted by molar-refractivity contribution is 7.89. The van der Waals surface area contributed by atoms with E-state index in [2.05, 4.69) is 4.98 Å². The van der Waals surface area contributed by atoms with Gasteiger partial charge in [0.1, 0.15) is 12.4 Å². The first-order valence-electron chi connectivity index (χ1n) is 11.1. The number of fused-ring (bicyclic) bond motifs is 1. The normalized spacial score (nSPS) is 16.6. The standard InChI is InChI=1S/C24H28N4O5S/c1-5-27-21-11-10-19(34(31,32)26(3)4)13-20(21)25-22(27)15-33-24(30)17-12-23(29)28(14-17)18-8-6-16(2)7-9-18/h6-11,13,17H,5,12,14-15H2,1-4H3. The van der Waals surface area contributed by atoms with Gasteiger partial charge in [0, 0.05) is 39.3 Å². The summed E-state index contributed by atoms with van der Waals surface area (Å²) in [5, 5.41) is 0. The summed E-state index contributed by atoms with van der Waals surface area (Å²) >= 11 is 0. The van der Waals surface area contributed by atoms with Gasteiger partial charge in [-0.05, 0) is 44.2 Å². The van der Waals surface area contributed by atoms with Crippen LogP contribution >= 0.6 is 0 Å². The molecule has 1 atom stereocenters. The zero-order valence-electron chi connectivity index (χ0n) is 19.7. The molecule has 1 aromatic heterocycles. The maximum Gasteiger partial charge on any atom is 0.311 e. The minimum absolute atomic E-state index is 0.0632. The number of aryl methyl sites for hydroxylation is 2. The molecule has 1 aliphatic heterocycles. The zero-order valence-corrected chi connectivity index (χ0v) is 20.5. The molecule has 1 saturated heterocycles. The summed E-state index contributed by atoms with van der Waals surface area (Å²) in [5.74, 6) is -0.593. The Labute approximate surface area is 199 Å². The Balaban J connectivity index is 1.49. The molecular formula is C24H28N4O5S. The van der Waals surface area contributed by atoms with E-state index in [4.69, 9.17) is 4.74 Å². The lowest BCUT2D eigenvalue weighted by atomic mass is 10.1. The number of sulfonamides is 1. The molecule has 34 heavy (non-hydrogen) atoms. The molecule has 2 aromatic carbocycles. The molecule has 1 aliphatic rings. The van der Waals surface area contributed by atoms with Crippen molar-refractivity contribution in [3.63, 3.8) is 0 Å². The van der Waals surface area contributed by atoms with Crippen LogP contribution in [0.5, 0.6) is 0 Å². The summed E-state index contributed by atoms with van der Waals surface area (Å²) in [7, 11) is -0.639. The fourth-order valence-corrected chi connectivity index (χ4v) is 5.01. The third-order valence-corrected chi connectivity index (χ3v) is 7.85. The lowest BCUT2D eigenvalue weighted by molar-refractivity contribution is -0.150. The molecule has 0 saturated carbocycles. The van der Waals surface area contributed by atoms with Crippen molar-refractivity contribution in [2.75, 3.05) is 25.5 Å². The second kappa shape index (κ2) is 9.19. The van der Waals surface area contributed by atoms with Crippen LogP contribution in [0.2, 0.25) is 0 Å². The molecule has 1 unspecified atom stereocenters. The lowest BCUT2D eigenvalue weighted by Gasteiger charge is -2.16.